The van der Waals surface area contributed by atoms with Gasteiger partial charge in [0.25, 0.3) is 0 Å². The first-order valence-corrected chi connectivity index (χ1v) is 17.0. The van der Waals surface area contributed by atoms with Crippen molar-refractivity contribution in [1.82, 2.24) is 0 Å². The number of aryl methyl sites for hydroxylation is 2. The molecule has 0 aliphatic heterocycles. The van der Waals surface area contributed by atoms with Crippen LogP contribution in [0.4, 0.5) is 11.4 Å². The van der Waals surface area contributed by atoms with Crippen molar-refractivity contribution in [3.05, 3.63) is 59.7 Å². The van der Waals surface area contributed by atoms with Gasteiger partial charge in [-0.3, -0.25) is 9.98 Å². The van der Waals surface area contributed by atoms with Gasteiger partial charge in [0.05, 0.1) is 22.8 Å². The molecular weight excluding hydrogens is 508 g/mol. The van der Waals surface area contributed by atoms with Crippen LogP contribution in [0.3, 0.4) is 0 Å². The first-order chi connectivity index (χ1) is 20.7. The molecule has 0 N–H and O–H groups in total. The summed E-state index contributed by atoms with van der Waals surface area (Å²) < 4.78 is 0. The van der Waals surface area contributed by atoms with Gasteiger partial charge in [-0.15, -0.1) is 23.7 Å². The van der Waals surface area contributed by atoms with Gasteiger partial charge in [0, 0.05) is 25.7 Å². The number of nitrogens with zero attached hydrogens (tertiary/aromatic N) is 2. The fraction of sp³-hybridized carbons (Fsp3) is 0.550. The second kappa shape index (κ2) is 23.5. The number of aliphatic imine (C=N–C) groups is 2. The number of para-hydroxylation sites is 2. The molecule has 2 heteroatoms. The summed E-state index contributed by atoms with van der Waals surface area (Å²) in [6, 6.07) is 17.2. The third kappa shape index (κ3) is 14.7. The van der Waals surface area contributed by atoms with Gasteiger partial charge in [0.2, 0.25) is 0 Å². The Kier molecular flexibility index (Phi) is 19.6. The van der Waals surface area contributed by atoms with Crippen molar-refractivity contribution in [2.45, 2.75) is 143 Å². The Morgan fingerprint density at radius 1 is 0.500 bits per heavy atom. The zero-order valence-corrected chi connectivity index (χ0v) is 27.2. The molecule has 0 atom stereocenters. The lowest BCUT2D eigenvalue weighted by Crippen LogP contribution is -2.13. The average molecular weight is 565 g/mol. The molecule has 42 heavy (non-hydrogen) atoms. The van der Waals surface area contributed by atoms with Crippen LogP contribution in [0.25, 0.3) is 0 Å². The van der Waals surface area contributed by atoms with Gasteiger partial charge < -0.3 is 0 Å². The van der Waals surface area contributed by atoms with Gasteiger partial charge in [-0.2, -0.15) is 0 Å². The van der Waals surface area contributed by atoms with Crippen LogP contribution in [-0.4, -0.2) is 11.4 Å². The number of unbranched alkanes of at least 4 members (excludes halogenated alkanes) is 9. The maximum atomic E-state index is 5.27. The van der Waals surface area contributed by atoms with Crippen LogP contribution >= 0.6 is 0 Å². The average Bonchev–Trinajstić information content (AvgIpc) is 3.02. The van der Waals surface area contributed by atoms with Gasteiger partial charge in [-0.1, -0.05) is 109 Å². The van der Waals surface area contributed by atoms with Crippen LogP contribution in [0.2, 0.25) is 0 Å². The van der Waals surface area contributed by atoms with Gasteiger partial charge in [0.15, 0.2) is 0 Å². The van der Waals surface area contributed by atoms with Crippen LogP contribution in [0.5, 0.6) is 0 Å². The fourth-order valence-corrected chi connectivity index (χ4v) is 4.94. The second-order valence-corrected chi connectivity index (χ2v) is 11.2. The third-order valence-electron chi connectivity index (χ3n) is 7.53. The highest BCUT2D eigenvalue weighted by molar-refractivity contribution is 6.43. The van der Waals surface area contributed by atoms with Crippen molar-refractivity contribution < 1.29 is 0 Å². The SMILES string of the molecule is CCCCCCC#CCCc1ccccc1N=C(CC)C(CCCC)=Nc1ccccc1CCC#CCCCCCC. The zero-order valence-electron chi connectivity index (χ0n) is 27.2. The monoisotopic (exact) mass is 564 g/mol. The predicted octanol–water partition coefficient (Wildman–Crippen LogP) is 11.9. The van der Waals surface area contributed by atoms with Crippen molar-refractivity contribution in [3.8, 4) is 23.7 Å². The minimum Gasteiger partial charge on any atom is -0.251 e. The van der Waals surface area contributed by atoms with E-state index in [-0.39, 0.29) is 0 Å². The molecule has 0 saturated carbocycles. The summed E-state index contributed by atoms with van der Waals surface area (Å²) in [5, 5.41) is 0. The predicted molar refractivity (Wildman–Crippen MR) is 187 cm³/mol. The van der Waals surface area contributed by atoms with Gasteiger partial charge in [0.1, 0.15) is 0 Å². The van der Waals surface area contributed by atoms with Gasteiger partial charge >= 0.3 is 0 Å². The Balaban J connectivity index is 2.19. The minimum atomic E-state index is 0.861. The van der Waals surface area contributed by atoms with Crippen molar-refractivity contribution in [3.63, 3.8) is 0 Å². The Morgan fingerprint density at radius 2 is 0.952 bits per heavy atom. The van der Waals surface area contributed by atoms with E-state index < -0.39 is 0 Å². The molecule has 0 aliphatic rings. The maximum Gasteiger partial charge on any atom is 0.0666 e. The molecule has 0 radical (unpaired) electrons. The summed E-state index contributed by atoms with van der Waals surface area (Å²) in [4.78, 5) is 10.5. The Morgan fingerprint density at radius 3 is 1.43 bits per heavy atom. The molecule has 0 bridgehead atoms. The third-order valence-corrected chi connectivity index (χ3v) is 7.53. The lowest BCUT2D eigenvalue weighted by atomic mass is 10.0. The largest absolute Gasteiger partial charge is 0.251 e. The summed E-state index contributed by atoms with van der Waals surface area (Å²) in [6.45, 7) is 8.95. The summed E-state index contributed by atoms with van der Waals surface area (Å²) in [7, 11) is 0. The fourth-order valence-electron chi connectivity index (χ4n) is 4.94. The normalized spacial score (nSPS) is 11.5. The topological polar surface area (TPSA) is 24.7 Å². The number of benzene rings is 2. The Labute approximate surface area is 258 Å². The van der Waals surface area contributed by atoms with Crippen molar-refractivity contribution in [2.24, 2.45) is 9.98 Å². The molecule has 0 unspecified atom stereocenters. The molecule has 2 nitrogen and oxygen atoms in total. The van der Waals surface area contributed by atoms with Crippen LogP contribution < -0.4 is 0 Å². The molecule has 0 heterocycles. The van der Waals surface area contributed by atoms with E-state index in [0.29, 0.717) is 0 Å². The summed E-state index contributed by atoms with van der Waals surface area (Å²) in [6.07, 6.45) is 19.9. The highest BCUT2D eigenvalue weighted by Crippen LogP contribution is 2.25. The van der Waals surface area contributed by atoms with Crippen molar-refractivity contribution in [2.75, 3.05) is 0 Å². The first-order valence-electron chi connectivity index (χ1n) is 17.0. The number of hydrogen-bond acceptors (Lipinski definition) is 2. The van der Waals surface area contributed by atoms with Crippen LogP contribution in [0.1, 0.15) is 142 Å². The van der Waals surface area contributed by atoms with E-state index in [1.165, 1.54) is 62.5 Å². The highest BCUT2D eigenvalue weighted by Gasteiger charge is 2.11. The smallest absolute Gasteiger partial charge is 0.0666 e. The van der Waals surface area contributed by atoms with Crippen molar-refractivity contribution >= 4 is 22.8 Å². The zero-order chi connectivity index (χ0) is 30.1. The Bertz CT molecular complexity index is 1200. The van der Waals surface area contributed by atoms with E-state index in [2.05, 4.69) is 99.9 Å². The molecule has 0 saturated heterocycles. The van der Waals surface area contributed by atoms with E-state index in [0.717, 1.165) is 87.0 Å². The molecule has 0 amide bonds. The van der Waals surface area contributed by atoms with Crippen LogP contribution in [0, 0.1) is 23.7 Å². The first kappa shape index (κ1) is 35.1. The molecule has 2 aromatic rings. The number of rotatable bonds is 19. The molecular formula is C40H56N2. The summed E-state index contributed by atoms with van der Waals surface area (Å²) >= 11 is 0. The van der Waals surface area contributed by atoms with Crippen LogP contribution in [-0.2, 0) is 12.8 Å². The van der Waals surface area contributed by atoms with E-state index in [9.17, 15) is 0 Å². The highest BCUT2D eigenvalue weighted by atomic mass is 14.8. The maximum absolute atomic E-state index is 5.27. The molecule has 0 aliphatic carbocycles. The molecule has 0 spiro atoms. The molecule has 2 aromatic carbocycles. The van der Waals surface area contributed by atoms with E-state index in [1.54, 1.807) is 0 Å². The van der Waals surface area contributed by atoms with E-state index in [1.807, 2.05) is 0 Å². The van der Waals surface area contributed by atoms with Crippen molar-refractivity contribution in [1.29, 1.82) is 0 Å². The van der Waals surface area contributed by atoms with E-state index in [4.69, 9.17) is 9.98 Å². The molecule has 2 rings (SSSR count). The summed E-state index contributed by atoms with van der Waals surface area (Å²) in [5.41, 5.74) is 6.89. The quantitative estimate of drug-likeness (QED) is 0.0921. The molecule has 0 fully saturated rings. The van der Waals surface area contributed by atoms with E-state index >= 15 is 0 Å². The van der Waals surface area contributed by atoms with Gasteiger partial charge in [-0.05, 0) is 68.2 Å². The second-order valence-electron chi connectivity index (χ2n) is 11.2. The van der Waals surface area contributed by atoms with Crippen LogP contribution in [0.15, 0.2) is 58.5 Å². The number of hydrogen-bond donors (Lipinski definition) is 0. The summed E-state index contributed by atoms with van der Waals surface area (Å²) in [5.74, 6) is 13.6. The lowest BCUT2D eigenvalue weighted by Gasteiger charge is -2.12. The minimum absolute atomic E-state index is 0.861. The lowest BCUT2D eigenvalue weighted by molar-refractivity contribution is 0.679. The standard InChI is InChI=1S/C40H56N2/c1-5-9-12-14-16-18-20-22-28-35-30-24-26-33-38(35)41-37(8-4)40(32-11-7-3)42-39-34-27-25-31-36(39)29-23-21-19-17-15-13-10-6-2/h24-27,30-31,33-34H,5-17,22-23,28-29,32H2,1-4H3. The van der Waals surface area contributed by atoms with Gasteiger partial charge in [-0.25, -0.2) is 0 Å². The molecule has 0 aromatic heterocycles. The molecule has 226 valence electrons. The Hall–Kier alpha value is -3.10.